The zero-order valence-corrected chi connectivity index (χ0v) is 4.16. The number of hydrogen-bond acceptors (Lipinski definition) is 0. The van der Waals surface area contributed by atoms with E-state index < -0.39 is 0 Å². The Morgan fingerprint density at radius 2 is 1.80 bits per heavy atom. The first kappa shape index (κ1) is 8.86. The van der Waals surface area contributed by atoms with Crippen LogP contribution in [0.4, 0.5) is 4.11 Å². The molecule has 3 radical (unpaired) electrons. The molecule has 0 fully saturated rings. The summed E-state index contributed by atoms with van der Waals surface area (Å²) in [5.41, 5.74) is 0. The zero-order valence-electron chi connectivity index (χ0n) is 3.16. The molecule has 0 aromatic carbocycles. The maximum absolute atomic E-state index is 9.31. The van der Waals surface area contributed by atoms with E-state index in [1.807, 2.05) is 6.92 Å². The van der Waals surface area contributed by atoms with E-state index in [4.69, 9.17) is 0 Å². The summed E-state index contributed by atoms with van der Waals surface area (Å²) in [5, 5.41) is 0. The van der Waals surface area contributed by atoms with E-state index in [1.54, 1.807) is 6.08 Å². The van der Waals surface area contributed by atoms with E-state index in [-0.39, 0.29) is 0 Å². The van der Waals surface area contributed by atoms with Crippen LogP contribution in [0.5, 0.6) is 0 Å². The molecule has 0 atom stereocenters. The molecule has 0 saturated heterocycles. The van der Waals surface area contributed by atoms with Gasteiger partial charge in [0, 0.05) is 0 Å². The Morgan fingerprint density at radius 3 is 1.80 bits per heavy atom. The quantitative estimate of drug-likeness (QED) is 0.238. The van der Waals surface area contributed by atoms with Gasteiger partial charge in [-0.15, -0.1) is 6.58 Å². The highest BCUT2D eigenvalue weighted by Crippen LogP contribution is 1.38. The molecule has 0 nitrogen and oxygen atoms in total. The maximum atomic E-state index is 9.31. The molecule has 2 heteroatoms. The van der Waals surface area contributed by atoms with Crippen molar-refractivity contribution in [1.29, 1.82) is 0 Å². The van der Waals surface area contributed by atoms with Crippen LogP contribution in [-0.2, 0) is 0 Å². The van der Waals surface area contributed by atoms with Crippen LogP contribution in [-0.4, -0.2) is 10.6 Å². The van der Waals surface area contributed by atoms with Crippen LogP contribution in [0.15, 0.2) is 12.7 Å². The van der Waals surface area contributed by atoms with E-state index in [9.17, 15) is 4.11 Å². The van der Waals surface area contributed by atoms with Crippen molar-refractivity contribution >= 4 is 10.6 Å². The Balaban J connectivity index is 0. The first-order chi connectivity index (χ1) is 2.41. The van der Waals surface area contributed by atoms with Crippen molar-refractivity contribution in [3.8, 4) is 0 Å². The molecule has 0 aromatic rings. The highest BCUT2D eigenvalue weighted by Gasteiger charge is 1.15. The third kappa shape index (κ3) is 1080. The molecule has 0 aliphatic rings. The van der Waals surface area contributed by atoms with Gasteiger partial charge in [0.15, 0.2) is 0 Å². The molecule has 0 unspecified atom stereocenters. The lowest BCUT2D eigenvalue weighted by Gasteiger charge is -1.31. The Morgan fingerprint density at radius 1 is 1.80 bits per heavy atom. The second-order valence-corrected chi connectivity index (χ2v) is 0.408. The first-order valence-corrected chi connectivity index (χ1v) is 1.55. The molecule has 0 aliphatic heterocycles. The molecule has 0 heterocycles. The van der Waals surface area contributed by atoms with Gasteiger partial charge in [0.25, 0.3) is 0 Å². The molecular weight excluding hydrogens is 83.1 g/mol. The van der Waals surface area contributed by atoms with Gasteiger partial charge in [-0.2, -0.15) is 0 Å². The van der Waals surface area contributed by atoms with Crippen molar-refractivity contribution in [3.63, 3.8) is 0 Å². The van der Waals surface area contributed by atoms with Crippen LogP contribution in [0.2, 0.25) is 0 Å². The van der Waals surface area contributed by atoms with Crippen molar-refractivity contribution in [3.05, 3.63) is 12.7 Å². The van der Waals surface area contributed by atoms with Gasteiger partial charge >= 0.3 is 10.6 Å². The third-order valence-corrected chi connectivity index (χ3v) is 0. The Kier molecular flexibility index (Phi) is 73.0. The molecule has 5 heavy (non-hydrogen) atoms. The minimum Gasteiger partial charge on any atom is -0.316 e. The molecule has 0 N–H and O–H groups in total. The van der Waals surface area contributed by atoms with E-state index >= 15 is 0 Å². The molecule has 0 aliphatic carbocycles. The fraction of sp³-hybridized carbons (Fsp3) is 0.333. The fourth-order valence-electron chi connectivity index (χ4n) is 0. The highest BCUT2D eigenvalue weighted by atomic mass is 28.2. The summed E-state index contributed by atoms with van der Waals surface area (Å²) in [6, 6.07) is 0. The van der Waals surface area contributed by atoms with E-state index in [2.05, 4.69) is 6.58 Å². The predicted molar refractivity (Wildman–Crippen MR) is 22.7 cm³/mol. The van der Waals surface area contributed by atoms with Gasteiger partial charge in [0.1, 0.15) is 0 Å². The summed E-state index contributed by atoms with van der Waals surface area (Å²) >= 11 is 0. The minimum atomic E-state index is 1.47. The van der Waals surface area contributed by atoms with Crippen molar-refractivity contribution in [2.24, 2.45) is 0 Å². The lowest BCUT2D eigenvalue weighted by atomic mass is 10.8. The van der Waals surface area contributed by atoms with E-state index in [0.29, 0.717) is 0 Å². The second kappa shape index (κ2) is 41.2. The van der Waals surface area contributed by atoms with Gasteiger partial charge in [0.05, 0.1) is 0 Å². The standard InChI is InChI=1S/C3H6.FSi/c1-3-2;1-2/h3H,1H2,2H3;. The highest BCUT2D eigenvalue weighted by molar-refractivity contribution is 5.96. The number of rotatable bonds is 0. The van der Waals surface area contributed by atoms with Crippen molar-refractivity contribution < 1.29 is 4.11 Å². The molecule has 0 rings (SSSR count). The third-order valence-electron chi connectivity index (χ3n) is 0. The van der Waals surface area contributed by atoms with Crippen LogP contribution in [0, 0.1) is 0 Å². The molecule has 0 amide bonds. The smallest absolute Gasteiger partial charge is 0.316 e. The normalized spacial score (nSPS) is 3.80. The maximum Gasteiger partial charge on any atom is 0.316 e. The summed E-state index contributed by atoms with van der Waals surface area (Å²) in [5.74, 6) is 0. The van der Waals surface area contributed by atoms with Crippen molar-refractivity contribution in [1.82, 2.24) is 0 Å². The molecule has 0 aromatic heterocycles. The predicted octanol–water partition coefficient (Wildman–Crippen LogP) is 1.23. The van der Waals surface area contributed by atoms with Gasteiger partial charge in [-0.1, -0.05) is 6.08 Å². The van der Waals surface area contributed by atoms with Crippen LogP contribution < -0.4 is 0 Å². The average molecular weight is 89.2 g/mol. The lowest BCUT2D eigenvalue weighted by Crippen LogP contribution is -1.07. The van der Waals surface area contributed by atoms with Crippen LogP contribution >= 0.6 is 0 Å². The molecule has 29 valence electrons. The summed E-state index contributed by atoms with van der Waals surface area (Å²) in [4.78, 5) is 0. The first-order valence-electron chi connectivity index (χ1n) is 1.17. The summed E-state index contributed by atoms with van der Waals surface area (Å²) < 4.78 is 9.31. The Hall–Kier alpha value is -0.113. The van der Waals surface area contributed by atoms with Gasteiger partial charge in [0.2, 0.25) is 0 Å². The van der Waals surface area contributed by atoms with Crippen LogP contribution in [0.1, 0.15) is 6.92 Å². The topological polar surface area (TPSA) is 0 Å². The Bertz CT molecular complexity index is 14.4. The van der Waals surface area contributed by atoms with Crippen molar-refractivity contribution in [2.75, 3.05) is 0 Å². The molecule has 0 spiro atoms. The Labute approximate surface area is 35.3 Å². The van der Waals surface area contributed by atoms with Crippen LogP contribution in [0.3, 0.4) is 0 Å². The zero-order chi connectivity index (χ0) is 4.71. The van der Waals surface area contributed by atoms with Crippen LogP contribution in [0.25, 0.3) is 0 Å². The van der Waals surface area contributed by atoms with Gasteiger partial charge in [-0.25, -0.2) is 0 Å². The summed E-state index contributed by atoms with van der Waals surface area (Å²) in [7, 11) is 1.47. The molecule has 0 saturated carbocycles. The number of allylic oxidation sites excluding steroid dienone is 1. The number of halogens is 1. The van der Waals surface area contributed by atoms with Gasteiger partial charge < -0.3 is 4.11 Å². The lowest BCUT2D eigenvalue weighted by molar-refractivity contribution is 0.902. The van der Waals surface area contributed by atoms with E-state index in [0.717, 1.165) is 0 Å². The summed E-state index contributed by atoms with van der Waals surface area (Å²) in [6.07, 6.45) is 1.75. The fourth-order valence-corrected chi connectivity index (χ4v) is 0. The molecular formula is C3H6FSi. The second-order valence-electron chi connectivity index (χ2n) is 0.408. The summed E-state index contributed by atoms with van der Waals surface area (Å²) in [6.45, 7) is 5.25. The molecule has 0 bridgehead atoms. The largest absolute Gasteiger partial charge is 0.316 e. The van der Waals surface area contributed by atoms with Gasteiger partial charge in [-0.3, -0.25) is 0 Å². The van der Waals surface area contributed by atoms with E-state index in [1.165, 1.54) is 10.6 Å². The minimum absolute atomic E-state index is 1.47. The van der Waals surface area contributed by atoms with Gasteiger partial charge in [-0.05, 0) is 6.92 Å². The van der Waals surface area contributed by atoms with Crippen molar-refractivity contribution in [2.45, 2.75) is 6.92 Å². The monoisotopic (exact) mass is 89.0 g/mol. The SMILES string of the molecule is C=CC.F[Si]. The average Bonchev–Trinajstić information content (AvgIpc) is 1.46. The number of hydrogen-bond donors (Lipinski definition) is 0.